The van der Waals surface area contributed by atoms with Crippen molar-refractivity contribution in [1.29, 1.82) is 0 Å². The highest BCUT2D eigenvalue weighted by Gasteiger charge is 2.30. The van der Waals surface area contributed by atoms with Crippen molar-refractivity contribution in [2.75, 3.05) is 6.26 Å². The Balaban J connectivity index is 2.20. The van der Waals surface area contributed by atoms with Gasteiger partial charge in [-0.25, -0.2) is 21.6 Å². The van der Waals surface area contributed by atoms with E-state index in [2.05, 4.69) is 4.72 Å². The van der Waals surface area contributed by atoms with Gasteiger partial charge < -0.3 is 0 Å². The van der Waals surface area contributed by atoms with E-state index in [4.69, 9.17) is 0 Å². The summed E-state index contributed by atoms with van der Waals surface area (Å²) in [6.45, 7) is 1.49. The van der Waals surface area contributed by atoms with E-state index >= 15 is 0 Å². The van der Waals surface area contributed by atoms with Gasteiger partial charge in [0.05, 0.1) is 15.4 Å². The molecule has 5 nitrogen and oxygen atoms in total. The minimum atomic E-state index is -4.47. The molecular formula is C16H16F3NO4S2. The van der Waals surface area contributed by atoms with E-state index in [0.717, 1.165) is 30.5 Å². The Kier molecular flexibility index (Phi) is 5.50. The number of hydrogen-bond acceptors (Lipinski definition) is 4. The second-order valence-electron chi connectivity index (χ2n) is 5.71. The summed E-state index contributed by atoms with van der Waals surface area (Å²) in [6.07, 6.45) is -3.47. The second kappa shape index (κ2) is 7.01. The largest absolute Gasteiger partial charge is 0.416 e. The van der Waals surface area contributed by atoms with E-state index in [1.807, 2.05) is 0 Å². The summed E-state index contributed by atoms with van der Waals surface area (Å²) in [5.41, 5.74) is -0.470. The molecule has 10 heteroatoms. The monoisotopic (exact) mass is 407 g/mol. The summed E-state index contributed by atoms with van der Waals surface area (Å²) >= 11 is 0. The molecule has 0 saturated heterocycles. The van der Waals surface area contributed by atoms with Gasteiger partial charge in [-0.05, 0) is 48.9 Å². The quantitative estimate of drug-likeness (QED) is 0.826. The zero-order chi connectivity index (χ0) is 19.8. The summed E-state index contributed by atoms with van der Waals surface area (Å²) in [4.78, 5) is -0.170. The highest BCUT2D eigenvalue weighted by Crippen LogP contribution is 2.30. The number of alkyl halides is 3. The lowest BCUT2D eigenvalue weighted by atomic mass is 10.1. The van der Waals surface area contributed by atoms with Gasteiger partial charge in [-0.2, -0.15) is 13.2 Å². The zero-order valence-corrected chi connectivity index (χ0v) is 15.4. The normalized spacial score (nSPS) is 14.2. The lowest BCUT2D eigenvalue weighted by Gasteiger charge is -2.16. The average molecular weight is 407 g/mol. The molecule has 0 aliphatic heterocycles. The molecule has 1 atom stereocenters. The van der Waals surface area contributed by atoms with Crippen molar-refractivity contribution >= 4 is 19.9 Å². The van der Waals surface area contributed by atoms with Gasteiger partial charge in [-0.3, -0.25) is 0 Å². The molecule has 2 aromatic carbocycles. The first-order valence-corrected chi connectivity index (χ1v) is 10.7. The predicted molar refractivity (Wildman–Crippen MR) is 89.7 cm³/mol. The first-order chi connectivity index (χ1) is 11.8. The summed E-state index contributed by atoms with van der Waals surface area (Å²) in [5, 5.41) is 0. The van der Waals surface area contributed by atoms with E-state index in [0.29, 0.717) is 5.56 Å². The third-order valence-corrected chi connectivity index (χ3v) is 6.32. The fraction of sp³-hybridized carbons (Fsp3) is 0.250. The number of sulfone groups is 1. The standard InChI is InChI=1S/C16H16F3NO4S2/c1-11(12-3-5-13(6-4-12)16(17,18)19)20-26(23,24)15-9-7-14(8-10-15)25(2,21)22/h3-11,20H,1-2H3/t11-/m0/s1. The molecule has 0 radical (unpaired) electrons. The van der Waals surface area contributed by atoms with Gasteiger partial charge in [0.15, 0.2) is 9.84 Å². The molecule has 2 aromatic rings. The maximum atomic E-state index is 12.6. The molecular weight excluding hydrogens is 391 g/mol. The minimum Gasteiger partial charge on any atom is -0.224 e. The number of sulfonamides is 1. The predicted octanol–water partition coefficient (Wildman–Crippen LogP) is 3.15. The van der Waals surface area contributed by atoms with Crippen LogP contribution >= 0.6 is 0 Å². The molecule has 0 aliphatic carbocycles. The Hall–Kier alpha value is -1.91. The lowest BCUT2D eigenvalue weighted by Crippen LogP contribution is -2.27. The molecule has 0 bridgehead atoms. The molecule has 0 saturated carbocycles. The van der Waals surface area contributed by atoms with Crippen LogP contribution in [0.15, 0.2) is 58.3 Å². The molecule has 0 aliphatic rings. The van der Waals surface area contributed by atoms with Crippen LogP contribution in [0.4, 0.5) is 13.2 Å². The van der Waals surface area contributed by atoms with Gasteiger partial charge in [0.1, 0.15) is 0 Å². The zero-order valence-electron chi connectivity index (χ0n) is 13.8. The second-order valence-corrected chi connectivity index (χ2v) is 9.44. The molecule has 0 heterocycles. The maximum absolute atomic E-state index is 12.6. The van der Waals surface area contributed by atoms with Gasteiger partial charge in [0, 0.05) is 12.3 Å². The van der Waals surface area contributed by atoms with Crippen molar-refractivity contribution in [3.8, 4) is 0 Å². The molecule has 0 spiro atoms. The maximum Gasteiger partial charge on any atom is 0.416 e. The number of nitrogens with one attached hydrogen (secondary N) is 1. The van der Waals surface area contributed by atoms with E-state index < -0.39 is 37.6 Å². The van der Waals surface area contributed by atoms with E-state index in [1.165, 1.54) is 31.2 Å². The van der Waals surface area contributed by atoms with Crippen LogP contribution < -0.4 is 4.72 Å². The molecule has 1 N–H and O–H groups in total. The molecule has 26 heavy (non-hydrogen) atoms. The van der Waals surface area contributed by atoms with Crippen molar-refractivity contribution in [3.63, 3.8) is 0 Å². The molecule has 0 unspecified atom stereocenters. The van der Waals surface area contributed by atoms with E-state index in [1.54, 1.807) is 0 Å². The van der Waals surface area contributed by atoms with Crippen molar-refractivity contribution < 1.29 is 30.0 Å². The molecule has 0 fully saturated rings. The van der Waals surface area contributed by atoms with Crippen molar-refractivity contribution in [1.82, 2.24) is 4.72 Å². The molecule has 2 rings (SSSR count). The molecule has 142 valence electrons. The van der Waals surface area contributed by atoms with Crippen molar-refractivity contribution in [2.45, 2.75) is 28.9 Å². The van der Waals surface area contributed by atoms with Crippen LogP contribution in [0.2, 0.25) is 0 Å². The first-order valence-electron chi connectivity index (χ1n) is 7.30. The highest BCUT2D eigenvalue weighted by atomic mass is 32.2. The van der Waals surface area contributed by atoms with Crippen LogP contribution in [0.25, 0.3) is 0 Å². The van der Waals surface area contributed by atoms with Gasteiger partial charge >= 0.3 is 6.18 Å². The fourth-order valence-electron chi connectivity index (χ4n) is 2.20. The van der Waals surface area contributed by atoms with Gasteiger partial charge in [-0.15, -0.1) is 0 Å². The van der Waals surface area contributed by atoms with Gasteiger partial charge in [-0.1, -0.05) is 12.1 Å². The van der Waals surface area contributed by atoms with Crippen LogP contribution in [-0.2, 0) is 26.0 Å². The van der Waals surface area contributed by atoms with Crippen LogP contribution in [0.1, 0.15) is 24.1 Å². The van der Waals surface area contributed by atoms with Gasteiger partial charge in [0.25, 0.3) is 0 Å². The average Bonchev–Trinajstić information content (AvgIpc) is 2.53. The van der Waals surface area contributed by atoms with E-state index in [-0.39, 0.29) is 9.79 Å². The highest BCUT2D eigenvalue weighted by molar-refractivity contribution is 7.90. The van der Waals surface area contributed by atoms with E-state index in [9.17, 15) is 30.0 Å². The number of halogens is 3. The Bertz CT molecular complexity index is 981. The summed E-state index contributed by atoms with van der Waals surface area (Å²) in [7, 11) is -7.43. The van der Waals surface area contributed by atoms with Crippen LogP contribution in [0, 0.1) is 0 Å². The number of rotatable bonds is 5. The van der Waals surface area contributed by atoms with Crippen molar-refractivity contribution in [3.05, 3.63) is 59.7 Å². The smallest absolute Gasteiger partial charge is 0.224 e. The molecule has 0 aromatic heterocycles. The molecule has 0 amide bonds. The van der Waals surface area contributed by atoms with Crippen LogP contribution in [0.5, 0.6) is 0 Å². The first kappa shape index (κ1) is 20.4. The lowest BCUT2D eigenvalue weighted by molar-refractivity contribution is -0.137. The summed E-state index contributed by atoms with van der Waals surface area (Å²) in [5.74, 6) is 0. The Morgan fingerprint density at radius 3 is 1.73 bits per heavy atom. The van der Waals surface area contributed by atoms with Crippen LogP contribution in [-0.4, -0.2) is 23.1 Å². The van der Waals surface area contributed by atoms with Crippen molar-refractivity contribution in [2.24, 2.45) is 0 Å². The number of benzene rings is 2. The Labute approximate surface area is 149 Å². The summed E-state index contributed by atoms with van der Waals surface area (Å²) < 4.78 is 87.6. The number of hydrogen-bond donors (Lipinski definition) is 1. The third-order valence-electron chi connectivity index (χ3n) is 3.63. The topological polar surface area (TPSA) is 80.3 Å². The SMILES string of the molecule is C[C@H](NS(=O)(=O)c1ccc(S(C)(=O)=O)cc1)c1ccc(C(F)(F)F)cc1. The van der Waals surface area contributed by atoms with Gasteiger partial charge in [0.2, 0.25) is 10.0 Å². The Morgan fingerprint density at radius 2 is 1.31 bits per heavy atom. The fourth-order valence-corrected chi connectivity index (χ4v) is 4.06. The third kappa shape index (κ3) is 4.83. The van der Waals surface area contributed by atoms with Crippen LogP contribution in [0.3, 0.4) is 0 Å². The summed E-state index contributed by atoms with van der Waals surface area (Å²) in [6, 6.07) is 8.01. The minimum absolute atomic E-state index is 0.0211. The Morgan fingerprint density at radius 1 is 0.846 bits per heavy atom.